The normalized spacial score (nSPS) is 12.5. The lowest BCUT2D eigenvalue weighted by molar-refractivity contribution is -0.145. The number of ether oxygens (including phenoxy) is 2. The van der Waals surface area contributed by atoms with Crippen LogP contribution in [-0.2, 0) is 19.1 Å². The fourth-order valence-corrected chi connectivity index (χ4v) is 3.95. The van der Waals surface area contributed by atoms with E-state index in [0.717, 1.165) is 5.56 Å². The second kappa shape index (κ2) is 19.7. The molecule has 0 aliphatic rings. The molecule has 2 aromatic carbocycles. The Morgan fingerprint density at radius 3 is 1.89 bits per heavy atom. The molecule has 0 saturated heterocycles. The standard InChI is InChI=1S/C16H16FNO5.C15H18FNO2.ClH.H3NO/c1-4-21-16(20)13-9(2)18-23-15(13)14(22-10(3)19)11-5-7-12(17)8-6-11;1-9(12-5-7-13(16)8-6-12)15(19)14(11(3)18)10(2)17-4;;1-2/h5-8,14H,4H2,1-3H3;5-9,19H,1-4H3;1H;2H,1H2. The number of nitrogens with two attached hydrogens (primary N) is 1. The first-order chi connectivity index (χ1) is 20.8. The third-order valence-corrected chi connectivity index (χ3v) is 6.15. The van der Waals surface area contributed by atoms with Gasteiger partial charge in [-0.1, -0.05) is 36.3 Å². The van der Waals surface area contributed by atoms with Gasteiger partial charge in [0.1, 0.15) is 23.0 Å². The first-order valence-corrected chi connectivity index (χ1v) is 13.3. The summed E-state index contributed by atoms with van der Waals surface area (Å²) in [5, 5.41) is 20.5. The van der Waals surface area contributed by atoms with E-state index in [0.29, 0.717) is 17.0 Å². The van der Waals surface area contributed by atoms with E-state index in [4.69, 9.17) is 19.2 Å². The van der Waals surface area contributed by atoms with Crippen molar-refractivity contribution in [2.45, 2.75) is 53.6 Å². The molecule has 2 unspecified atom stereocenters. The Morgan fingerprint density at radius 1 is 0.978 bits per heavy atom. The molecule has 0 fully saturated rings. The number of hydrogen-bond acceptors (Lipinski definition) is 11. The fraction of sp³-hybridized carbons (Fsp3) is 0.323. The Bertz CT molecular complexity index is 1470. The van der Waals surface area contributed by atoms with E-state index in [-0.39, 0.29) is 53.3 Å². The Hall–Kier alpha value is -4.46. The Balaban J connectivity index is 0.000000812. The van der Waals surface area contributed by atoms with E-state index in [1.807, 2.05) is 0 Å². The van der Waals surface area contributed by atoms with Crippen LogP contribution in [0, 0.1) is 18.6 Å². The van der Waals surface area contributed by atoms with Crippen LogP contribution >= 0.6 is 12.4 Å². The zero-order valence-electron chi connectivity index (χ0n) is 26.0. The molecule has 246 valence electrons. The molecule has 14 heteroatoms. The maximum Gasteiger partial charge on any atom is 0.343 e. The van der Waals surface area contributed by atoms with Gasteiger partial charge in [0, 0.05) is 31.2 Å². The van der Waals surface area contributed by atoms with Crippen molar-refractivity contribution < 1.29 is 47.5 Å². The molecule has 2 atom stereocenters. The largest absolute Gasteiger partial charge is 0.511 e. The van der Waals surface area contributed by atoms with Gasteiger partial charge < -0.3 is 24.3 Å². The average Bonchev–Trinajstić information content (AvgIpc) is 3.38. The van der Waals surface area contributed by atoms with Crippen LogP contribution in [0.2, 0.25) is 0 Å². The van der Waals surface area contributed by atoms with Gasteiger partial charge in [0.15, 0.2) is 17.6 Å². The minimum atomic E-state index is -1.02. The smallest absolute Gasteiger partial charge is 0.343 e. The molecule has 0 aliphatic heterocycles. The quantitative estimate of drug-likeness (QED) is 0.0801. The number of carbonyl (C=O) groups excluding carboxylic acids is 3. The number of carbonyl (C=O) groups is 3. The molecule has 4 N–H and O–H groups in total. The van der Waals surface area contributed by atoms with Gasteiger partial charge in [-0.3, -0.25) is 14.6 Å². The first-order valence-electron chi connectivity index (χ1n) is 13.3. The first kappa shape index (κ1) is 40.5. The van der Waals surface area contributed by atoms with Gasteiger partial charge in [-0.15, -0.1) is 12.4 Å². The number of benzene rings is 2. The van der Waals surface area contributed by atoms with Crippen molar-refractivity contribution in [2.75, 3.05) is 13.7 Å². The lowest BCUT2D eigenvalue weighted by Crippen LogP contribution is -2.15. The van der Waals surface area contributed by atoms with Gasteiger partial charge in [-0.2, -0.15) is 0 Å². The van der Waals surface area contributed by atoms with Gasteiger partial charge in [0.2, 0.25) is 0 Å². The third kappa shape index (κ3) is 11.5. The number of Topliss-reactive ketones (excluding diaryl/α,β-unsaturated/α-hetero) is 1. The predicted octanol–water partition coefficient (Wildman–Crippen LogP) is 6.13. The minimum absolute atomic E-state index is 0. The van der Waals surface area contributed by atoms with Crippen molar-refractivity contribution >= 4 is 35.8 Å². The topological polar surface area (TPSA) is 175 Å². The second-order valence-corrected chi connectivity index (χ2v) is 9.17. The Morgan fingerprint density at radius 2 is 1.47 bits per heavy atom. The molecule has 1 aromatic heterocycles. The monoisotopic (exact) mass is 653 g/mol. The second-order valence-electron chi connectivity index (χ2n) is 9.17. The molecule has 3 rings (SSSR count). The van der Waals surface area contributed by atoms with E-state index in [1.165, 1.54) is 50.2 Å². The van der Waals surface area contributed by atoms with Gasteiger partial charge in [-0.25, -0.2) is 19.5 Å². The molecule has 3 aromatic rings. The molecule has 0 bridgehead atoms. The highest BCUT2D eigenvalue weighted by Crippen LogP contribution is 2.31. The third-order valence-electron chi connectivity index (χ3n) is 6.15. The number of rotatable bonds is 9. The van der Waals surface area contributed by atoms with Crippen LogP contribution in [0.25, 0.3) is 0 Å². The van der Waals surface area contributed by atoms with Gasteiger partial charge >= 0.3 is 11.9 Å². The Labute approximate surface area is 266 Å². The molecule has 0 saturated carbocycles. The number of hydrogen-bond donors (Lipinski definition) is 3. The molecule has 0 spiro atoms. The van der Waals surface area contributed by atoms with Crippen LogP contribution in [0.1, 0.15) is 79.6 Å². The Kier molecular flexibility index (Phi) is 17.8. The summed E-state index contributed by atoms with van der Waals surface area (Å²) in [6.45, 7) is 9.47. The maximum atomic E-state index is 13.1. The van der Waals surface area contributed by atoms with Crippen LogP contribution in [0.4, 0.5) is 8.78 Å². The number of aliphatic hydroxyl groups is 1. The SMILES string of the molecule is CCOC(=O)c1c(C)noc1C(OC(C)=O)c1ccc(F)cc1.CN=C(C)C(C(C)=O)=C(O)C(C)c1ccc(F)cc1.Cl.NO. The average molecular weight is 654 g/mol. The highest BCUT2D eigenvalue weighted by molar-refractivity contribution is 6.21. The van der Waals surface area contributed by atoms with Crippen LogP contribution < -0.4 is 5.90 Å². The summed E-state index contributed by atoms with van der Waals surface area (Å²) >= 11 is 0. The lowest BCUT2D eigenvalue weighted by Gasteiger charge is -2.16. The molecule has 45 heavy (non-hydrogen) atoms. The number of ketones is 1. The van der Waals surface area contributed by atoms with Crippen molar-refractivity contribution in [3.8, 4) is 0 Å². The molecule has 11 nitrogen and oxygen atoms in total. The van der Waals surface area contributed by atoms with Crippen LogP contribution in [-0.4, -0.2) is 52.6 Å². The lowest BCUT2D eigenvalue weighted by atomic mass is 9.93. The van der Waals surface area contributed by atoms with Crippen LogP contribution in [0.5, 0.6) is 0 Å². The van der Waals surface area contributed by atoms with Gasteiger partial charge in [0.05, 0.1) is 17.9 Å². The van der Waals surface area contributed by atoms with Gasteiger partial charge in [0.25, 0.3) is 0 Å². The maximum absolute atomic E-state index is 13.1. The molecule has 0 radical (unpaired) electrons. The fourth-order valence-electron chi connectivity index (χ4n) is 3.95. The molecule has 0 aliphatic carbocycles. The summed E-state index contributed by atoms with van der Waals surface area (Å²) in [4.78, 5) is 39.1. The summed E-state index contributed by atoms with van der Waals surface area (Å²) in [7, 11) is 1.56. The summed E-state index contributed by atoms with van der Waals surface area (Å²) < 4.78 is 41.4. The number of aliphatic imine (C=N–C) groups is 1. The molecular weight excluding hydrogens is 616 g/mol. The van der Waals surface area contributed by atoms with Crippen molar-refractivity contribution in [3.05, 3.63) is 99.6 Å². The summed E-state index contributed by atoms with van der Waals surface area (Å²) in [5.41, 5.74) is 2.31. The van der Waals surface area contributed by atoms with Crippen molar-refractivity contribution in [1.29, 1.82) is 0 Å². The molecular formula is C31H38ClF2N3O8. The number of halogens is 3. The highest BCUT2D eigenvalue weighted by Gasteiger charge is 2.31. The van der Waals surface area contributed by atoms with Crippen LogP contribution in [0.15, 0.2) is 69.4 Å². The number of aliphatic hydroxyl groups excluding tert-OH is 1. The van der Waals surface area contributed by atoms with Crippen molar-refractivity contribution in [3.63, 3.8) is 0 Å². The number of allylic oxidation sites excluding steroid dienone is 2. The van der Waals surface area contributed by atoms with E-state index >= 15 is 0 Å². The summed E-state index contributed by atoms with van der Waals surface area (Å²) in [6.07, 6.45) is -1.02. The van der Waals surface area contributed by atoms with Gasteiger partial charge in [-0.05, 0) is 57.5 Å². The molecule has 1 heterocycles. The molecule has 0 amide bonds. The summed E-state index contributed by atoms with van der Waals surface area (Å²) in [6, 6.07) is 11.2. The zero-order valence-corrected chi connectivity index (χ0v) is 26.8. The number of aryl methyl sites for hydroxylation is 1. The number of aromatic nitrogens is 1. The van der Waals surface area contributed by atoms with E-state index in [2.05, 4.69) is 16.0 Å². The summed E-state index contributed by atoms with van der Waals surface area (Å²) in [5.74, 6) is 0.895. The zero-order chi connectivity index (χ0) is 33.6. The van der Waals surface area contributed by atoms with Crippen molar-refractivity contribution in [1.82, 2.24) is 5.16 Å². The van der Waals surface area contributed by atoms with E-state index < -0.39 is 29.8 Å². The van der Waals surface area contributed by atoms with E-state index in [1.54, 1.807) is 46.9 Å². The van der Waals surface area contributed by atoms with Crippen molar-refractivity contribution in [2.24, 2.45) is 10.9 Å². The van der Waals surface area contributed by atoms with Crippen LogP contribution in [0.3, 0.4) is 0 Å². The van der Waals surface area contributed by atoms with E-state index in [9.17, 15) is 28.3 Å². The highest BCUT2D eigenvalue weighted by atomic mass is 35.5. The minimum Gasteiger partial charge on any atom is -0.511 e. The number of nitrogens with zero attached hydrogens (tertiary/aromatic N) is 2. The predicted molar refractivity (Wildman–Crippen MR) is 165 cm³/mol. The number of esters is 2.